The maximum absolute atomic E-state index is 13.0. The molecule has 2 N–H and O–H groups in total. The standard InChI is InChI=1S/C22H18ClFN4O2/c23-16-3-1-13(2-4-16)18-6-7-25-12-19(18)27-21(29)14-5-8-26-20(11-14)28-22(30)15-9-17(24)10-15/h1-8,11-12,15,17H,9-10H2,(H,27,29)(H,26,28,30)/t15-,17+. The summed E-state index contributed by atoms with van der Waals surface area (Å²) in [5.41, 5.74) is 2.54. The second kappa shape index (κ2) is 8.59. The largest absolute Gasteiger partial charge is 0.320 e. The van der Waals surface area contributed by atoms with Gasteiger partial charge in [-0.25, -0.2) is 9.37 Å². The van der Waals surface area contributed by atoms with Crippen LogP contribution >= 0.6 is 11.6 Å². The average molecular weight is 425 g/mol. The molecule has 8 heteroatoms. The van der Waals surface area contributed by atoms with Gasteiger partial charge >= 0.3 is 0 Å². The summed E-state index contributed by atoms with van der Waals surface area (Å²) in [5, 5.41) is 6.11. The molecule has 2 amide bonds. The first kappa shape index (κ1) is 20.0. The van der Waals surface area contributed by atoms with E-state index in [0.29, 0.717) is 16.3 Å². The van der Waals surface area contributed by atoms with Crippen molar-refractivity contribution in [2.75, 3.05) is 10.6 Å². The number of carbonyl (C=O) groups excluding carboxylic acids is 2. The van der Waals surface area contributed by atoms with Gasteiger partial charge in [0, 0.05) is 34.5 Å². The molecule has 1 aliphatic rings. The van der Waals surface area contributed by atoms with E-state index in [2.05, 4.69) is 20.6 Å². The van der Waals surface area contributed by atoms with Crippen LogP contribution in [0.5, 0.6) is 0 Å². The monoisotopic (exact) mass is 424 g/mol. The highest BCUT2D eigenvalue weighted by Crippen LogP contribution is 2.31. The number of nitrogens with one attached hydrogen (secondary N) is 2. The molecule has 0 unspecified atom stereocenters. The number of nitrogens with zero attached hydrogens (tertiary/aromatic N) is 2. The minimum absolute atomic E-state index is 0.223. The first-order valence-corrected chi connectivity index (χ1v) is 9.79. The van der Waals surface area contributed by atoms with Crippen molar-refractivity contribution in [2.24, 2.45) is 5.92 Å². The zero-order valence-corrected chi connectivity index (χ0v) is 16.6. The highest BCUT2D eigenvalue weighted by molar-refractivity contribution is 6.30. The third kappa shape index (κ3) is 4.46. The Morgan fingerprint density at radius 3 is 2.53 bits per heavy atom. The predicted octanol–water partition coefficient (Wildman–Crippen LogP) is 4.74. The fourth-order valence-electron chi connectivity index (χ4n) is 3.20. The maximum atomic E-state index is 13.0. The zero-order valence-electron chi connectivity index (χ0n) is 15.8. The minimum Gasteiger partial charge on any atom is -0.320 e. The summed E-state index contributed by atoms with van der Waals surface area (Å²) < 4.78 is 13.0. The second-order valence-corrected chi connectivity index (χ2v) is 7.50. The van der Waals surface area contributed by atoms with E-state index < -0.39 is 6.17 Å². The Kier molecular flexibility index (Phi) is 5.72. The summed E-state index contributed by atoms with van der Waals surface area (Å²) in [6.45, 7) is 0. The third-order valence-electron chi connectivity index (χ3n) is 4.95. The number of aromatic nitrogens is 2. The molecule has 0 atom stereocenters. The summed E-state index contributed by atoms with van der Waals surface area (Å²) in [5.74, 6) is -0.759. The van der Waals surface area contributed by atoms with Crippen molar-refractivity contribution < 1.29 is 14.0 Å². The number of alkyl halides is 1. The van der Waals surface area contributed by atoms with Crippen LogP contribution in [-0.4, -0.2) is 28.0 Å². The Balaban J connectivity index is 1.49. The predicted molar refractivity (Wildman–Crippen MR) is 113 cm³/mol. The Hall–Kier alpha value is -3.32. The topological polar surface area (TPSA) is 84.0 Å². The highest BCUT2D eigenvalue weighted by atomic mass is 35.5. The van der Waals surface area contributed by atoms with Gasteiger partial charge < -0.3 is 10.6 Å². The number of rotatable bonds is 5. The van der Waals surface area contributed by atoms with E-state index in [1.54, 1.807) is 36.7 Å². The molecule has 3 aromatic rings. The van der Waals surface area contributed by atoms with Crippen LogP contribution in [-0.2, 0) is 4.79 Å². The van der Waals surface area contributed by atoms with E-state index in [1.165, 1.54) is 12.3 Å². The van der Waals surface area contributed by atoms with E-state index in [9.17, 15) is 14.0 Å². The molecule has 0 radical (unpaired) electrons. The SMILES string of the molecule is O=C(Nc1cnccc1-c1ccc(Cl)cc1)c1ccnc(NC(=O)[C@H]2C[C@@H](F)C2)c1. The lowest BCUT2D eigenvalue weighted by Crippen LogP contribution is -2.35. The quantitative estimate of drug-likeness (QED) is 0.619. The van der Waals surface area contributed by atoms with E-state index >= 15 is 0 Å². The van der Waals surface area contributed by atoms with Crippen molar-refractivity contribution in [3.8, 4) is 11.1 Å². The Bertz CT molecular complexity index is 1080. The Morgan fingerprint density at radius 1 is 1.03 bits per heavy atom. The van der Waals surface area contributed by atoms with Crippen LogP contribution in [0.3, 0.4) is 0 Å². The first-order valence-electron chi connectivity index (χ1n) is 9.42. The van der Waals surface area contributed by atoms with Gasteiger partial charge in [-0.05, 0) is 48.7 Å². The summed E-state index contributed by atoms with van der Waals surface area (Å²) in [7, 11) is 0. The summed E-state index contributed by atoms with van der Waals surface area (Å²) in [4.78, 5) is 33.0. The van der Waals surface area contributed by atoms with Crippen LogP contribution < -0.4 is 10.6 Å². The van der Waals surface area contributed by atoms with Crippen LogP contribution in [0, 0.1) is 5.92 Å². The molecule has 0 spiro atoms. The second-order valence-electron chi connectivity index (χ2n) is 7.07. The first-order chi connectivity index (χ1) is 14.5. The van der Waals surface area contributed by atoms with Gasteiger partial charge in [0.05, 0.1) is 11.9 Å². The molecule has 1 fully saturated rings. The number of hydrogen-bond acceptors (Lipinski definition) is 4. The normalized spacial score (nSPS) is 17.7. The molecule has 0 bridgehead atoms. The molecule has 1 aliphatic carbocycles. The number of pyridine rings is 2. The molecule has 0 saturated heterocycles. The molecule has 4 rings (SSSR count). The van der Waals surface area contributed by atoms with E-state index in [-0.39, 0.29) is 36.4 Å². The third-order valence-corrected chi connectivity index (χ3v) is 5.20. The lowest BCUT2D eigenvalue weighted by molar-refractivity contribution is -0.124. The molecular formula is C22H18ClFN4O2. The number of hydrogen-bond donors (Lipinski definition) is 2. The van der Waals surface area contributed by atoms with Crippen molar-refractivity contribution in [3.05, 3.63) is 71.6 Å². The molecule has 30 heavy (non-hydrogen) atoms. The fraction of sp³-hybridized carbons (Fsp3) is 0.182. The van der Waals surface area contributed by atoms with Crippen molar-refractivity contribution in [1.82, 2.24) is 9.97 Å². The van der Waals surface area contributed by atoms with Gasteiger partial charge in [0.25, 0.3) is 5.91 Å². The lowest BCUT2D eigenvalue weighted by Gasteiger charge is -2.28. The molecule has 0 aliphatic heterocycles. The van der Waals surface area contributed by atoms with Gasteiger partial charge in [-0.2, -0.15) is 0 Å². The van der Waals surface area contributed by atoms with Gasteiger partial charge in [-0.15, -0.1) is 0 Å². The smallest absolute Gasteiger partial charge is 0.255 e. The van der Waals surface area contributed by atoms with Gasteiger partial charge in [0.15, 0.2) is 0 Å². The minimum atomic E-state index is -0.917. The van der Waals surface area contributed by atoms with E-state index in [1.807, 2.05) is 12.1 Å². The molecule has 152 valence electrons. The molecule has 6 nitrogen and oxygen atoms in total. The van der Waals surface area contributed by atoms with Crippen LogP contribution in [0.2, 0.25) is 5.02 Å². The Labute approximate surface area is 177 Å². The van der Waals surface area contributed by atoms with Crippen molar-refractivity contribution >= 4 is 34.9 Å². The highest BCUT2D eigenvalue weighted by Gasteiger charge is 2.34. The van der Waals surface area contributed by atoms with E-state index in [4.69, 9.17) is 11.6 Å². The van der Waals surface area contributed by atoms with Gasteiger partial charge in [-0.1, -0.05) is 23.7 Å². The molecular weight excluding hydrogens is 407 g/mol. The van der Waals surface area contributed by atoms with Gasteiger partial charge in [0.2, 0.25) is 5.91 Å². The summed E-state index contributed by atoms with van der Waals surface area (Å²) in [6, 6.07) is 12.1. The lowest BCUT2D eigenvalue weighted by atomic mass is 9.83. The Morgan fingerprint density at radius 2 is 1.80 bits per heavy atom. The van der Waals surface area contributed by atoms with Gasteiger partial charge in [0.1, 0.15) is 12.0 Å². The average Bonchev–Trinajstić information content (AvgIpc) is 2.72. The summed E-state index contributed by atoms with van der Waals surface area (Å²) >= 11 is 5.96. The van der Waals surface area contributed by atoms with Crippen LogP contribution in [0.1, 0.15) is 23.2 Å². The molecule has 2 heterocycles. The van der Waals surface area contributed by atoms with Crippen molar-refractivity contribution in [1.29, 1.82) is 0 Å². The van der Waals surface area contributed by atoms with Gasteiger partial charge in [-0.3, -0.25) is 14.6 Å². The number of carbonyl (C=O) groups is 2. The fourth-order valence-corrected chi connectivity index (χ4v) is 3.33. The molecule has 1 saturated carbocycles. The van der Waals surface area contributed by atoms with Crippen LogP contribution in [0.4, 0.5) is 15.9 Å². The number of benzene rings is 1. The van der Waals surface area contributed by atoms with Crippen LogP contribution in [0.25, 0.3) is 11.1 Å². The number of halogens is 2. The number of amides is 2. The maximum Gasteiger partial charge on any atom is 0.255 e. The summed E-state index contributed by atoms with van der Waals surface area (Å²) in [6.07, 6.45) is 4.17. The van der Waals surface area contributed by atoms with Crippen molar-refractivity contribution in [2.45, 2.75) is 19.0 Å². The van der Waals surface area contributed by atoms with Crippen molar-refractivity contribution in [3.63, 3.8) is 0 Å². The zero-order chi connectivity index (χ0) is 21.1. The molecule has 1 aromatic carbocycles. The molecule has 2 aromatic heterocycles. The number of anilines is 2. The van der Waals surface area contributed by atoms with E-state index in [0.717, 1.165) is 11.1 Å². The van der Waals surface area contributed by atoms with Crippen LogP contribution in [0.15, 0.2) is 61.1 Å².